The number of amides is 1. The van der Waals surface area contributed by atoms with E-state index in [1.807, 2.05) is 29.2 Å². The first-order valence-electron chi connectivity index (χ1n) is 10.3. The van der Waals surface area contributed by atoms with E-state index in [4.69, 9.17) is 21.3 Å². The number of carbonyl (C=O) groups excluding carboxylic acids is 1. The summed E-state index contributed by atoms with van der Waals surface area (Å²) in [6, 6.07) is 14.1. The molecule has 1 aromatic heterocycles. The zero-order valence-corrected chi connectivity index (χ0v) is 19.4. The van der Waals surface area contributed by atoms with Crippen molar-refractivity contribution in [3.05, 3.63) is 53.1 Å². The quantitative estimate of drug-likeness (QED) is 0.375. The number of hydrogen-bond acceptors (Lipinski definition) is 5. The summed E-state index contributed by atoms with van der Waals surface area (Å²) in [5.74, 6) is 0.814. The molecule has 1 fully saturated rings. The molecule has 0 spiro atoms. The van der Waals surface area contributed by atoms with Gasteiger partial charge in [-0.15, -0.1) is 11.8 Å². The third kappa shape index (κ3) is 5.35. The van der Waals surface area contributed by atoms with Crippen LogP contribution in [-0.2, 0) is 16.0 Å². The van der Waals surface area contributed by atoms with Crippen LogP contribution in [0, 0.1) is 0 Å². The molecule has 1 aliphatic rings. The summed E-state index contributed by atoms with van der Waals surface area (Å²) in [7, 11) is 0. The predicted molar refractivity (Wildman–Crippen MR) is 127 cm³/mol. The molecule has 4 nitrogen and oxygen atoms in total. The van der Waals surface area contributed by atoms with E-state index < -0.39 is 0 Å². The zero-order chi connectivity index (χ0) is 20.9. The monoisotopic (exact) mass is 460 g/mol. The fourth-order valence-corrected chi connectivity index (χ4v) is 5.52. The van der Waals surface area contributed by atoms with Crippen molar-refractivity contribution in [3.8, 4) is 0 Å². The van der Waals surface area contributed by atoms with Crippen molar-refractivity contribution in [1.82, 2.24) is 4.98 Å². The molecule has 0 radical (unpaired) electrons. The molecule has 4 rings (SSSR count). The zero-order valence-electron chi connectivity index (χ0n) is 17.0. The number of fused-ring (bicyclic) bond motifs is 1. The van der Waals surface area contributed by atoms with Crippen LogP contribution in [0.5, 0.6) is 0 Å². The Labute approximate surface area is 190 Å². The molecule has 0 N–H and O–H groups in total. The van der Waals surface area contributed by atoms with E-state index in [1.165, 1.54) is 5.56 Å². The van der Waals surface area contributed by atoms with Crippen LogP contribution in [0.3, 0.4) is 0 Å². The number of aryl methyl sites for hydroxylation is 1. The molecule has 2 heterocycles. The van der Waals surface area contributed by atoms with Gasteiger partial charge in [0.25, 0.3) is 0 Å². The number of anilines is 1. The van der Waals surface area contributed by atoms with Gasteiger partial charge in [-0.05, 0) is 61.2 Å². The molecule has 0 bridgehead atoms. The topological polar surface area (TPSA) is 42.4 Å². The molecule has 2 aromatic carbocycles. The van der Waals surface area contributed by atoms with Gasteiger partial charge in [0.1, 0.15) is 0 Å². The SMILES string of the molecule is CCc1ccc2nc(N(CC3CCCO3)C(=O)CCSc3ccc(Cl)cc3)sc2c1. The Bertz CT molecular complexity index is 1000. The van der Waals surface area contributed by atoms with Crippen LogP contribution in [0.1, 0.15) is 31.7 Å². The highest BCUT2D eigenvalue weighted by molar-refractivity contribution is 7.99. The molecule has 0 saturated carbocycles. The minimum Gasteiger partial charge on any atom is -0.376 e. The fourth-order valence-electron chi connectivity index (χ4n) is 3.49. The molecular weight excluding hydrogens is 436 g/mol. The summed E-state index contributed by atoms with van der Waals surface area (Å²) in [5, 5.41) is 1.50. The molecule has 1 aliphatic heterocycles. The van der Waals surface area contributed by atoms with Gasteiger partial charge in [-0.3, -0.25) is 9.69 Å². The van der Waals surface area contributed by atoms with E-state index >= 15 is 0 Å². The van der Waals surface area contributed by atoms with Gasteiger partial charge in [-0.1, -0.05) is 35.9 Å². The van der Waals surface area contributed by atoms with Crippen molar-refractivity contribution in [2.24, 2.45) is 0 Å². The van der Waals surface area contributed by atoms with E-state index in [-0.39, 0.29) is 12.0 Å². The van der Waals surface area contributed by atoms with Crippen molar-refractivity contribution >= 4 is 56.0 Å². The normalized spacial score (nSPS) is 16.3. The Hall–Kier alpha value is -1.60. The Morgan fingerprint density at radius 3 is 2.87 bits per heavy atom. The lowest BCUT2D eigenvalue weighted by Crippen LogP contribution is -2.37. The maximum atomic E-state index is 13.2. The van der Waals surface area contributed by atoms with E-state index in [2.05, 4.69) is 25.1 Å². The van der Waals surface area contributed by atoms with Gasteiger partial charge in [0.2, 0.25) is 5.91 Å². The first kappa shape index (κ1) is 21.6. The molecule has 0 aliphatic carbocycles. The number of halogens is 1. The van der Waals surface area contributed by atoms with E-state index in [0.717, 1.165) is 51.1 Å². The third-order valence-corrected chi connectivity index (χ3v) is 7.50. The minimum absolute atomic E-state index is 0.0936. The standard InChI is InChI=1S/C23H25ClN2O2S2/c1-2-16-5-10-20-21(14-16)30-23(25-20)26(15-18-4-3-12-28-18)22(27)11-13-29-19-8-6-17(24)7-9-19/h5-10,14,18H,2-4,11-13,15H2,1H3. The van der Waals surface area contributed by atoms with Crippen LogP contribution in [0.2, 0.25) is 5.02 Å². The van der Waals surface area contributed by atoms with E-state index in [1.54, 1.807) is 23.1 Å². The van der Waals surface area contributed by atoms with Gasteiger partial charge < -0.3 is 4.74 Å². The second kappa shape index (κ2) is 10.1. The van der Waals surface area contributed by atoms with E-state index in [0.29, 0.717) is 18.7 Å². The molecule has 158 valence electrons. The molecule has 1 amide bonds. The molecule has 30 heavy (non-hydrogen) atoms. The molecule has 7 heteroatoms. The highest BCUT2D eigenvalue weighted by atomic mass is 35.5. The average molecular weight is 461 g/mol. The Balaban J connectivity index is 1.48. The van der Waals surface area contributed by atoms with Crippen LogP contribution in [-0.4, -0.2) is 35.9 Å². The van der Waals surface area contributed by atoms with Gasteiger partial charge in [0.05, 0.1) is 22.9 Å². The number of thiazole rings is 1. The molecule has 1 unspecified atom stereocenters. The van der Waals surface area contributed by atoms with Gasteiger partial charge >= 0.3 is 0 Å². The number of thioether (sulfide) groups is 1. The molecule has 1 atom stereocenters. The molecule has 3 aromatic rings. The van der Waals surface area contributed by atoms with Crippen molar-refractivity contribution < 1.29 is 9.53 Å². The summed E-state index contributed by atoms with van der Waals surface area (Å²) >= 11 is 9.21. The maximum Gasteiger partial charge on any atom is 0.229 e. The number of hydrogen-bond donors (Lipinski definition) is 0. The van der Waals surface area contributed by atoms with Crippen LogP contribution in [0.4, 0.5) is 5.13 Å². The summed E-state index contributed by atoms with van der Waals surface area (Å²) < 4.78 is 6.95. The minimum atomic E-state index is 0.0936. The number of ether oxygens (including phenoxy) is 1. The Morgan fingerprint density at radius 2 is 2.13 bits per heavy atom. The number of nitrogens with zero attached hydrogens (tertiary/aromatic N) is 2. The lowest BCUT2D eigenvalue weighted by atomic mass is 10.2. The van der Waals surface area contributed by atoms with Crippen LogP contribution >= 0.6 is 34.7 Å². The predicted octanol–water partition coefficient (Wildman–Crippen LogP) is 6.21. The van der Waals surface area contributed by atoms with Crippen molar-refractivity contribution in [1.29, 1.82) is 0 Å². The second-order valence-corrected chi connectivity index (χ2v) is 9.96. The highest BCUT2D eigenvalue weighted by Gasteiger charge is 2.26. The first-order chi connectivity index (χ1) is 14.6. The number of benzene rings is 2. The van der Waals surface area contributed by atoms with Crippen LogP contribution < -0.4 is 4.90 Å². The summed E-state index contributed by atoms with van der Waals surface area (Å²) in [4.78, 5) is 20.9. The maximum absolute atomic E-state index is 13.2. The van der Waals surface area contributed by atoms with Crippen molar-refractivity contribution in [2.45, 2.75) is 43.6 Å². The van der Waals surface area contributed by atoms with Gasteiger partial charge in [-0.25, -0.2) is 4.98 Å². The van der Waals surface area contributed by atoms with Crippen LogP contribution in [0.15, 0.2) is 47.4 Å². The number of aromatic nitrogens is 1. The molecular formula is C23H25ClN2O2S2. The van der Waals surface area contributed by atoms with Crippen molar-refractivity contribution in [2.75, 3.05) is 23.8 Å². The van der Waals surface area contributed by atoms with Gasteiger partial charge in [0, 0.05) is 28.7 Å². The smallest absolute Gasteiger partial charge is 0.229 e. The second-order valence-electron chi connectivity index (χ2n) is 7.34. The largest absolute Gasteiger partial charge is 0.376 e. The van der Waals surface area contributed by atoms with Crippen LogP contribution in [0.25, 0.3) is 10.2 Å². The number of rotatable bonds is 8. The Kier molecular flexibility index (Phi) is 7.31. The molecule has 1 saturated heterocycles. The van der Waals surface area contributed by atoms with Crippen molar-refractivity contribution in [3.63, 3.8) is 0 Å². The fraction of sp³-hybridized carbons (Fsp3) is 0.391. The third-order valence-electron chi connectivity index (χ3n) is 5.19. The van der Waals surface area contributed by atoms with Gasteiger partial charge in [0.15, 0.2) is 5.13 Å². The van der Waals surface area contributed by atoms with E-state index in [9.17, 15) is 4.79 Å². The van der Waals surface area contributed by atoms with Gasteiger partial charge in [-0.2, -0.15) is 0 Å². The lowest BCUT2D eigenvalue weighted by Gasteiger charge is -2.23. The average Bonchev–Trinajstić information content (AvgIpc) is 3.42. The Morgan fingerprint density at radius 1 is 1.30 bits per heavy atom. The number of carbonyl (C=O) groups is 1. The first-order valence-corrected chi connectivity index (χ1v) is 12.5. The summed E-state index contributed by atoms with van der Waals surface area (Å²) in [5.41, 5.74) is 2.24. The lowest BCUT2D eigenvalue weighted by molar-refractivity contribution is -0.118. The highest BCUT2D eigenvalue weighted by Crippen LogP contribution is 2.31. The summed E-state index contributed by atoms with van der Waals surface area (Å²) in [6.45, 7) is 3.50. The summed E-state index contributed by atoms with van der Waals surface area (Å²) in [6.07, 6.45) is 3.59.